The van der Waals surface area contributed by atoms with Crippen molar-refractivity contribution in [3.8, 4) is 115 Å². The van der Waals surface area contributed by atoms with Crippen molar-refractivity contribution in [1.29, 1.82) is 0 Å². The van der Waals surface area contributed by atoms with E-state index in [1.807, 2.05) is 0 Å². The van der Waals surface area contributed by atoms with Gasteiger partial charge in [0.2, 0.25) is 11.8 Å². The summed E-state index contributed by atoms with van der Waals surface area (Å²) < 4.78 is 77.1. The number of imide groups is 2. The van der Waals surface area contributed by atoms with Crippen molar-refractivity contribution in [2.24, 2.45) is 0 Å². The van der Waals surface area contributed by atoms with Crippen LogP contribution in [0.4, 0.5) is 11.4 Å². The predicted molar refractivity (Wildman–Crippen MR) is 532 cm³/mol. The van der Waals surface area contributed by atoms with Crippen molar-refractivity contribution in [2.75, 3.05) is 23.9 Å². The molecule has 0 N–H and O–H groups in total. The maximum Gasteiger partial charge on any atom is 0.335 e. The summed E-state index contributed by atoms with van der Waals surface area (Å²) in [5.41, 5.74) is 1.32. The van der Waals surface area contributed by atoms with Crippen molar-refractivity contribution >= 4 is 114 Å². The highest BCUT2D eigenvalue weighted by molar-refractivity contribution is 6.45. The maximum atomic E-state index is 17.2. The molecule has 26 heteroatoms. The second-order valence-corrected chi connectivity index (χ2v) is 32.6. The van der Waals surface area contributed by atoms with Crippen LogP contribution in [-0.2, 0) is 41.6 Å². The van der Waals surface area contributed by atoms with Gasteiger partial charge in [-0.25, -0.2) is 19.2 Å². The van der Waals surface area contributed by atoms with Crippen LogP contribution in [0.3, 0.4) is 0 Å². The van der Waals surface area contributed by atoms with Gasteiger partial charge in [0.1, 0.15) is 127 Å². The number of benzene rings is 17. The fourth-order valence-corrected chi connectivity index (χ4v) is 17.1. The Labute approximate surface area is 811 Å². The van der Waals surface area contributed by atoms with Crippen molar-refractivity contribution in [3.63, 3.8) is 0 Å². The van der Waals surface area contributed by atoms with Gasteiger partial charge in [-0.2, -0.15) is 0 Å². The summed E-state index contributed by atoms with van der Waals surface area (Å²) in [5, 5.41) is 0.277. The smallest absolute Gasteiger partial charge is 0.335 e. The lowest BCUT2D eigenvalue weighted by Gasteiger charge is -2.37. The number of anilines is 2. The molecule has 6 amide bonds. The Bertz CT molecular complexity index is 7120. The molecule has 17 aromatic rings. The number of carbonyl (C=O) groups is 10. The number of carbonyl (C=O) groups excluding carboxylic acids is 10. The first-order valence-electron chi connectivity index (χ1n) is 44.6. The number of fused-ring (bicyclic) bond motifs is 2. The van der Waals surface area contributed by atoms with Gasteiger partial charge in [-0.3, -0.25) is 38.6 Å². The van der Waals surface area contributed by atoms with E-state index in [9.17, 15) is 19.2 Å². The van der Waals surface area contributed by atoms with Crippen LogP contribution in [-0.4, -0.2) is 95.3 Å². The van der Waals surface area contributed by atoms with Gasteiger partial charge >= 0.3 is 23.9 Å². The normalized spacial score (nSPS) is 12.3. The van der Waals surface area contributed by atoms with E-state index >= 15 is 28.8 Å². The number of hydrogen-bond donors (Lipinski definition) is 0. The monoisotopic (exact) mass is 1880 g/mol. The lowest BCUT2D eigenvalue weighted by Crippen LogP contribution is -2.55. The second kappa shape index (κ2) is 39.8. The van der Waals surface area contributed by atoms with E-state index in [0.717, 1.165) is 34.1 Å². The first kappa shape index (κ1) is 91.6. The molecule has 2 aliphatic heterocycles. The zero-order valence-electron chi connectivity index (χ0n) is 75.8. The minimum absolute atomic E-state index is 0.0125. The van der Waals surface area contributed by atoms with E-state index in [4.69, 9.17) is 56.8 Å². The molecular weight excluding hydrogens is 1800 g/mol. The van der Waals surface area contributed by atoms with Crippen LogP contribution in [0.1, 0.15) is 52.6 Å². The number of hydrogen-bond acceptors (Lipinski definition) is 22. The van der Waals surface area contributed by atoms with Crippen molar-refractivity contribution in [2.45, 2.75) is 24.9 Å². The summed E-state index contributed by atoms with van der Waals surface area (Å²) in [5.74, 6) is -5.34. The van der Waals surface area contributed by atoms with Crippen LogP contribution in [0, 0.1) is 0 Å². The van der Waals surface area contributed by atoms with Crippen LogP contribution in [0.15, 0.2) is 390 Å². The third-order valence-corrected chi connectivity index (χ3v) is 23.6. The highest BCUT2D eigenvalue weighted by Gasteiger charge is 2.48. The van der Waals surface area contributed by atoms with Gasteiger partial charge in [0.15, 0.2) is 0 Å². The molecule has 0 saturated carbocycles. The molecule has 0 spiro atoms. The minimum atomic E-state index is -1.60. The van der Waals surface area contributed by atoms with Gasteiger partial charge in [0, 0.05) is 130 Å². The Balaban J connectivity index is 0.905. The summed E-state index contributed by atoms with van der Waals surface area (Å²) >= 11 is 0. The Kier molecular flexibility index (Phi) is 25.7. The number of para-hydroxylation sites is 2. The van der Waals surface area contributed by atoms with Gasteiger partial charge in [0.25, 0.3) is 23.6 Å². The van der Waals surface area contributed by atoms with Crippen LogP contribution < -0.4 is 66.6 Å². The zero-order valence-corrected chi connectivity index (χ0v) is 75.8. The van der Waals surface area contributed by atoms with Crippen molar-refractivity contribution < 1.29 is 105 Å². The zero-order chi connectivity index (χ0) is 98.3. The highest BCUT2D eigenvalue weighted by Crippen LogP contribution is 2.59. The topological polar surface area (TPSA) is 294 Å². The van der Waals surface area contributed by atoms with Gasteiger partial charge < -0.3 is 66.6 Å². The summed E-state index contributed by atoms with van der Waals surface area (Å²) in [6, 6.07) is 88.9. The van der Waals surface area contributed by atoms with Gasteiger partial charge in [-0.05, 0) is 205 Å². The first-order valence-corrected chi connectivity index (χ1v) is 44.6. The SMILES string of the molecule is C=CC(=O)Oc1cccc(Oc2ccc(Oc3cc4c5c(cc(Oc6ccc(Oc7cccc(OC(=O)C=C)c7)cc6)c6c7c(Oc8ccc(Oc9cccc(OC(=O)C=C)c9)cc8)cc8c9c(cc(Oc%10ccc(Oc%11cccc(OC(=O)C=C)c%11)cc%10)c(c3c56)c97)C(=O)N(C(Cc3ccccc3)C(=O)N(C)c3ccccc3)C8=O)C(=O)N(C(Cc3ccccc3)C(=O)N(C)c3ccccc3)C4=O)cc2)c1. The minimum Gasteiger partial charge on any atom is -0.457 e. The van der Waals surface area contributed by atoms with Crippen molar-refractivity contribution in [1.82, 2.24) is 9.80 Å². The third-order valence-electron chi connectivity index (χ3n) is 23.6. The standard InChI is InChI=1S/C116H80N4O22/c1-7-99(121)139-85-39-23-35-81(61-85)131-73-43-51-77(52-44-73)135-95-65-89-103-90(112(126)119(111(89)125)93(59-69-27-15-11-16-28-69)115(129)117(5)71-31-19-13-20-32-71)67-97(137-79-55-47-75(48-56-79)133-83-37-25-41-87(63-83)141-101(123)9-3)107-108-98(138-80-57-49-76(50-58-80)134-84-38-26-42-88(64-84)142-102(124)10-4)68-92-104-91(113(127)120(114(92)128)94(60-70-29-17-12-18-30-70)116(130)118(6)72-33-21-14-22-34-72)66-96(106(110(104)108)105(95)109(103)107)136-78-53-45-74(46-54-78)132-82-36-24-40-86(62-82)140-100(122)8-2/h7-58,61-68,93-94H,1-4,59-60H2,5-6H3. The number of amides is 6. The molecule has 142 heavy (non-hydrogen) atoms. The Hall–Kier alpha value is -19.5. The summed E-state index contributed by atoms with van der Waals surface area (Å²) in [7, 11) is 3.11. The number of nitrogens with zero attached hydrogens (tertiary/aromatic N) is 4. The average Bonchev–Trinajstić information content (AvgIpc) is 0.668. The molecule has 2 aliphatic rings. The van der Waals surface area contributed by atoms with E-state index in [-0.39, 0.29) is 193 Å². The molecule has 2 atom stereocenters. The van der Waals surface area contributed by atoms with E-state index in [1.165, 1.54) is 58.3 Å². The Morgan fingerprint density at radius 3 is 0.683 bits per heavy atom. The Morgan fingerprint density at radius 1 is 0.246 bits per heavy atom. The third kappa shape index (κ3) is 19.1. The summed E-state index contributed by atoms with van der Waals surface area (Å²) in [4.78, 5) is 155. The molecule has 26 nitrogen and oxygen atoms in total. The molecule has 0 bridgehead atoms. The van der Waals surface area contributed by atoms with Crippen LogP contribution in [0.5, 0.6) is 115 Å². The fraction of sp³-hybridized carbons (Fsp3) is 0.0517. The van der Waals surface area contributed by atoms with Crippen LogP contribution in [0.2, 0.25) is 0 Å². The molecule has 0 aromatic heterocycles. The molecule has 0 radical (unpaired) electrons. The Morgan fingerprint density at radius 2 is 0.458 bits per heavy atom. The fourth-order valence-electron chi connectivity index (χ4n) is 17.1. The summed E-state index contributed by atoms with van der Waals surface area (Å²) in [6.45, 7) is 14.1. The largest absolute Gasteiger partial charge is 0.457 e. The molecule has 0 aliphatic carbocycles. The van der Waals surface area contributed by atoms with Gasteiger partial charge in [0.05, 0.1) is 22.3 Å². The van der Waals surface area contributed by atoms with E-state index in [1.54, 1.807) is 305 Å². The van der Waals surface area contributed by atoms with Crippen LogP contribution >= 0.6 is 0 Å². The summed E-state index contributed by atoms with van der Waals surface area (Å²) in [6.07, 6.45) is 3.70. The molecule has 696 valence electrons. The predicted octanol–water partition coefficient (Wildman–Crippen LogP) is 24.2. The molecule has 2 heterocycles. The molecule has 2 unspecified atom stereocenters. The molecule has 0 fully saturated rings. The molecular formula is C116H80N4O22. The maximum absolute atomic E-state index is 17.2. The van der Waals surface area contributed by atoms with Gasteiger partial charge in [-0.1, -0.05) is 148 Å². The van der Waals surface area contributed by atoms with Crippen LogP contribution in [0.25, 0.3) is 43.1 Å². The van der Waals surface area contributed by atoms with E-state index in [2.05, 4.69) is 26.3 Å². The molecule has 17 aromatic carbocycles. The lowest BCUT2D eigenvalue weighted by molar-refractivity contribution is -0.129. The number of likely N-dealkylation sites (N-methyl/N-ethyl adjacent to an activating group) is 2. The van der Waals surface area contributed by atoms with E-state index in [0.29, 0.717) is 22.5 Å². The number of ether oxygens (including phenoxy) is 12. The second-order valence-electron chi connectivity index (χ2n) is 32.6. The quantitative estimate of drug-likeness (QED) is 0.00903. The van der Waals surface area contributed by atoms with E-state index < -0.39 is 71.4 Å². The van der Waals surface area contributed by atoms with Gasteiger partial charge in [-0.15, -0.1) is 0 Å². The number of rotatable bonds is 34. The highest BCUT2D eigenvalue weighted by atomic mass is 16.6. The lowest BCUT2D eigenvalue weighted by atomic mass is 9.80. The molecule has 19 rings (SSSR count). The number of esters is 4. The van der Waals surface area contributed by atoms with Crippen molar-refractivity contribution in [3.05, 3.63) is 424 Å². The molecule has 0 saturated heterocycles. The average molecular weight is 1880 g/mol. The first-order chi connectivity index (χ1) is 69.1.